The number of rotatable bonds is 9. The predicted octanol–water partition coefficient (Wildman–Crippen LogP) is 0.921. The monoisotopic (exact) mass is 382 g/mol. The Kier molecular flexibility index (Phi) is 9.12. The number of amides is 1. The largest absolute Gasteiger partial charge is 0.357 e. The number of hydrogen-bond acceptors (Lipinski definition) is 4. The number of sulfone groups is 1. The van der Waals surface area contributed by atoms with Gasteiger partial charge in [0.1, 0.15) is 0 Å². The molecule has 1 aromatic carbocycles. The summed E-state index contributed by atoms with van der Waals surface area (Å²) in [6.45, 7) is 5.15. The van der Waals surface area contributed by atoms with E-state index < -0.39 is 9.84 Å². The molecule has 26 heavy (non-hydrogen) atoms. The summed E-state index contributed by atoms with van der Waals surface area (Å²) in [5, 5.41) is 6.29. The van der Waals surface area contributed by atoms with Gasteiger partial charge in [-0.1, -0.05) is 19.1 Å². The molecule has 7 nitrogen and oxygen atoms in total. The second-order valence-electron chi connectivity index (χ2n) is 6.07. The first-order valence-electron chi connectivity index (χ1n) is 8.82. The second kappa shape index (κ2) is 10.8. The lowest BCUT2D eigenvalue weighted by atomic mass is 10.1. The number of carbonyl (C=O) groups is 1. The summed E-state index contributed by atoms with van der Waals surface area (Å²) in [4.78, 5) is 17.9. The van der Waals surface area contributed by atoms with Gasteiger partial charge in [-0.2, -0.15) is 0 Å². The number of benzene rings is 1. The molecule has 8 heteroatoms. The zero-order valence-electron chi connectivity index (χ0n) is 16.1. The Morgan fingerprint density at radius 3 is 2.54 bits per heavy atom. The van der Waals surface area contributed by atoms with Gasteiger partial charge in [-0.05, 0) is 31.0 Å². The van der Waals surface area contributed by atoms with Gasteiger partial charge < -0.3 is 15.5 Å². The first kappa shape index (κ1) is 22.0. The molecule has 0 radical (unpaired) electrons. The Labute approximate surface area is 156 Å². The zero-order chi connectivity index (χ0) is 19.6. The average molecular weight is 383 g/mol. The van der Waals surface area contributed by atoms with E-state index in [-0.39, 0.29) is 24.0 Å². The third kappa shape index (κ3) is 7.86. The van der Waals surface area contributed by atoms with E-state index in [9.17, 15) is 13.2 Å². The minimum absolute atomic E-state index is 0.0214. The molecule has 2 N–H and O–H groups in total. The molecule has 0 bridgehead atoms. The Hall–Kier alpha value is -2.09. The molecule has 0 unspecified atom stereocenters. The fraction of sp³-hybridized carbons (Fsp3) is 0.556. The van der Waals surface area contributed by atoms with Gasteiger partial charge in [-0.15, -0.1) is 0 Å². The first-order chi connectivity index (χ1) is 12.3. The van der Waals surface area contributed by atoms with Crippen molar-refractivity contribution in [3.05, 3.63) is 35.4 Å². The van der Waals surface area contributed by atoms with E-state index >= 15 is 0 Å². The number of guanidine groups is 1. The highest BCUT2D eigenvalue weighted by Crippen LogP contribution is 2.07. The Morgan fingerprint density at radius 1 is 1.19 bits per heavy atom. The van der Waals surface area contributed by atoms with Crippen LogP contribution in [0.15, 0.2) is 29.3 Å². The van der Waals surface area contributed by atoms with E-state index in [1.165, 1.54) is 0 Å². The highest BCUT2D eigenvalue weighted by molar-refractivity contribution is 7.91. The highest BCUT2D eigenvalue weighted by atomic mass is 32.2. The van der Waals surface area contributed by atoms with Gasteiger partial charge >= 0.3 is 0 Å². The zero-order valence-corrected chi connectivity index (χ0v) is 16.9. The van der Waals surface area contributed by atoms with Crippen LogP contribution in [0.2, 0.25) is 0 Å². The summed E-state index contributed by atoms with van der Waals surface area (Å²) in [5.74, 6) is 0.759. The fourth-order valence-corrected chi connectivity index (χ4v) is 2.88. The summed E-state index contributed by atoms with van der Waals surface area (Å²) in [5.41, 5.74) is 1.72. The van der Waals surface area contributed by atoms with Crippen molar-refractivity contribution in [2.75, 3.05) is 45.2 Å². The Morgan fingerprint density at radius 2 is 1.92 bits per heavy atom. The van der Waals surface area contributed by atoms with E-state index in [1.807, 2.05) is 25.1 Å². The summed E-state index contributed by atoms with van der Waals surface area (Å²) in [6, 6.07) is 7.55. The van der Waals surface area contributed by atoms with Crippen LogP contribution in [0.25, 0.3) is 0 Å². The molecule has 0 saturated heterocycles. The molecular weight excluding hydrogens is 352 g/mol. The number of nitrogens with zero attached hydrogens (tertiary/aromatic N) is 2. The summed E-state index contributed by atoms with van der Waals surface area (Å²) in [6.07, 6.45) is 0.728. The molecule has 0 aliphatic heterocycles. The van der Waals surface area contributed by atoms with Crippen molar-refractivity contribution in [2.45, 2.75) is 20.3 Å². The van der Waals surface area contributed by atoms with Gasteiger partial charge in [0.25, 0.3) is 5.91 Å². The van der Waals surface area contributed by atoms with E-state index in [0.717, 1.165) is 12.0 Å². The van der Waals surface area contributed by atoms with Crippen molar-refractivity contribution in [2.24, 2.45) is 4.99 Å². The molecule has 0 spiro atoms. The molecule has 0 saturated carbocycles. The normalized spacial score (nSPS) is 11.9. The van der Waals surface area contributed by atoms with Crippen molar-refractivity contribution < 1.29 is 13.2 Å². The van der Waals surface area contributed by atoms with Crippen molar-refractivity contribution in [1.29, 1.82) is 0 Å². The van der Waals surface area contributed by atoms with Crippen LogP contribution in [0.1, 0.15) is 29.8 Å². The Bertz CT molecular complexity index is 715. The van der Waals surface area contributed by atoms with Gasteiger partial charge in [-0.3, -0.25) is 9.79 Å². The topological polar surface area (TPSA) is 90.9 Å². The van der Waals surface area contributed by atoms with Crippen molar-refractivity contribution in [3.8, 4) is 0 Å². The predicted molar refractivity (Wildman–Crippen MR) is 106 cm³/mol. The first-order valence-corrected chi connectivity index (χ1v) is 10.6. The third-order valence-electron chi connectivity index (χ3n) is 3.74. The minimum atomic E-state index is -3.01. The van der Waals surface area contributed by atoms with Crippen LogP contribution < -0.4 is 10.6 Å². The lowest BCUT2D eigenvalue weighted by molar-refractivity contribution is 0.0827. The fourth-order valence-electron chi connectivity index (χ4n) is 2.23. The summed E-state index contributed by atoms with van der Waals surface area (Å²) < 4.78 is 23.1. The maximum atomic E-state index is 12.0. The van der Waals surface area contributed by atoms with Gasteiger partial charge in [0.2, 0.25) is 0 Å². The Balaban J connectivity index is 2.60. The molecule has 0 aliphatic carbocycles. The van der Waals surface area contributed by atoms with Gasteiger partial charge in [0.05, 0.1) is 12.3 Å². The second-order valence-corrected chi connectivity index (χ2v) is 8.55. The molecule has 1 rings (SSSR count). The van der Waals surface area contributed by atoms with E-state index in [2.05, 4.69) is 15.6 Å². The maximum Gasteiger partial charge on any atom is 0.253 e. The van der Waals surface area contributed by atoms with Crippen LogP contribution in [0.5, 0.6) is 0 Å². The van der Waals surface area contributed by atoms with E-state index in [1.54, 1.807) is 32.0 Å². The van der Waals surface area contributed by atoms with E-state index in [0.29, 0.717) is 24.6 Å². The summed E-state index contributed by atoms with van der Waals surface area (Å²) >= 11 is 0. The molecule has 1 amide bonds. The summed E-state index contributed by atoms with van der Waals surface area (Å²) in [7, 11) is 0.449. The van der Waals surface area contributed by atoms with E-state index in [4.69, 9.17) is 0 Å². The van der Waals surface area contributed by atoms with Crippen molar-refractivity contribution >= 4 is 21.7 Å². The minimum Gasteiger partial charge on any atom is -0.357 e. The average Bonchev–Trinajstić information content (AvgIpc) is 2.61. The number of hydrogen-bond donors (Lipinski definition) is 2. The molecule has 0 aliphatic rings. The van der Waals surface area contributed by atoms with Crippen molar-refractivity contribution in [1.82, 2.24) is 15.5 Å². The standard InChI is InChI=1S/C18H30N4O3S/c1-5-19-18(21-12-13-26(24,25)6-2)20-11-10-15-8-7-9-16(14-15)17(23)22(3)4/h7-9,14H,5-6,10-13H2,1-4H3,(H2,19,20,21). The smallest absolute Gasteiger partial charge is 0.253 e. The lowest BCUT2D eigenvalue weighted by Crippen LogP contribution is -2.38. The maximum absolute atomic E-state index is 12.0. The van der Waals surface area contributed by atoms with Crippen molar-refractivity contribution in [3.63, 3.8) is 0 Å². The van der Waals surface area contributed by atoms with Crippen LogP contribution >= 0.6 is 0 Å². The number of nitrogens with one attached hydrogen (secondary N) is 2. The molecular formula is C18H30N4O3S. The molecule has 146 valence electrons. The molecule has 1 aromatic rings. The highest BCUT2D eigenvalue weighted by Gasteiger charge is 2.09. The molecule has 0 aromatic heterocycles. The molecule has 0 atom stereocenters. The van der Waals surface area contributed by atoms with Gasteiger partial charge in [-0.25, -0.2) is 8.42 Å². The molecule has 0 heterocycles. The third-order valence-corrected chi connectivity index (χ3v) is 5.43. The van der Waals surface area contributed by atoms with Crippen LogP contribution in [-0.2, 0) is 16.3 Å². The number of carbonyl (C=O) groups excluding carboxylic acids is 1. The SMILES string of the molecule is CCNC(=NCCS(=O)(=O)CC)NCCc1cccc(C(=O)N(C)C)c1. The lowest BCUT2D eigenvalue weighted by Gasteiger charge is -2.13. The van der Waals surface area contributed by atoms with Crippen LogP contribution in [0, 0.1) is 0 Å². The molecule has 0 fully saturated rings. The number of aliphatic imine (C=N–C) groups is 1. The van der Waals surface area contributed by atoms with Crippen LogP contribution in [0.3, 0.4) is 0 Å². The van der Waals surface area contributed by atoms with Crippen LogP contribution in [0.4, 0.5) is 0 Å². The van der Waals surface area contributed by atoms with Gasteiger partial charge in [0, 0.05) is 38.5 Å². The van der Waals surface area contributed by atoms with Crippen LogP contribution in [-0.4, -0.2) is 70.4 Å². The quantitative estimate of drug-likeness (QED) is 0.490. The van der Waals surface area contributed by atoms with Gasteiger partial charge in [0.15, 0.2) is 15.8 Å².